The summed E-state index contributed by atoms with van der Waals surface area (Å²) in [6.45, 7) is 1.57. The SMILES string of the molecule is CN(CCN)c1cnn(Cc2ccc(O)cc2)c(=O)c1. The lowest BCUT2D eigenvalue weighted by Gasteiger charge is -2.17. The molecule has 0 bridgehead atoms. The van der Waals surface area contributed by atoms with E-state index in [1.165, 1.54) is 4.68 Å². The highest BCUT2D eigenvalue weighted by atomic mass is 16.3. The summed E-state index contributed by atoms with van der Waals surface area (Å²) in [4.78, 5) is 13.9. The summed E-state index contributed by atoms with van der Waals surface area (Å²) in [5.41, 5.74) is 6.97. The van der Waals surface area contributed by atoms with Gasteiger partial charge in [0.25, 0.3) is 5.56 Å². The summed E-state index contributed by atoms with van der Waals surface area (Å²) in [6.07, 6.45) is 1.65. The Morgan fingerprint density at radius 3 is 2.65 bits per heavy atom. The maximum atomic E-state index is 12.0. The molecule has 1 aromatic heterocycles. The molecule has 0 aliphatic heterocycles. The first-order valence-corrected chi connectivity index (χ1v) is 6.36. The van der Waals surface area contributed by atoms with E-state index in [1.807, 2.05) is 11.9 Å². The molecule has 3 N–H and O–H groups in total. The van der Waals surface area contributed by atoms with Crippen molar-refractivity contribution in [2.75, 3.05) is 25.0 Å². The van der Waals surface area contributed by atoms with Crippen LogP contribution in [-0.4, -0.2) is 35.0 Å². The zero-order chi connectivity index (χ0) is 14.5. The first-order valence-electron chi connectivity index (χ1n) is 6.36. The third-order valence-electron chi connectivity index (χ3n) is 3.03. The van der Waals surface area contributed by atoms with Gasteiger partial charge in [-0.25, -0.2) is 4.68 Å². The van der Waals surface area contributed by atoms with Gasteiger partial charge in [0.05, 0.1) is 18.4 Å². The number of aromatic hydroxyl groups is 1. The fourth-order valence-electron chi connectivity index (χ4n) is 1.85. The molecule has 2 rings (SSSR count). The quantitative estimate of drug-likeness (QED) is 0.824. The van der Waals surface area contributed by atoms with E-state index in [-0.39, 0.29) is 11.3 Å². The van der Waals surface area contributed by atoms with Crippen molar-refractivity contribution in [2.24, 2.45) is 5.73 Å². The summed E-state index contributed by atoms with van der Waals surface area (Å²) < 4.78 is 1.38. The average molecular weight is 274 g/mol. The monoisotopic (exact) mass is 274 g/mol. The summed E-state index contributed by atoms with van der Waals surface area (Å²) in [5.74, 6) is 0.202. The van der Waals surface area contributed by atoms with Gasteiger partial charge in [-0.1, -0.05) is 12.1 Å². The molecule has 6 heteroatoms. The lowest BCUT2D eigenvalue weighted by molar-refractivity contribution is 0.475. The molecule has 0 spiro atoms. The van der Waals surface area contributed by atoms with Gasteiger partial charge < -0.3 is 15.7 Å². The number of hydrogen-bond donors (Lipinski definition) is 2. The minimum atomic E-state index is -0.167. The molecule has 0 fully saturated rings. The maximum absolute atomic E-state index is 12.0. The molecule has 0 aliphatic rings. The van der Waals surface area contributed by atoms with Gasteiger partial charge in [-0.05, 0) is 17.7 Å². The summed E-state index contributed by atoms with van der Waals surface area (Å²) in [5, 5.41) is 13.4. The minimum Gasteiger partial charge on any atom is -0.508 e. The van der Waals surface area contributed by atoms with Crippen molar-refractivity contribution < 1.29 is 5.11 Å². The predicted octanol–water partition coefficient (Wildman–Crippen LogP) is 0.392. The Bertz CT molecular complexity index is 622. The van der Waals surface area contributed by atoms with Crippen LogP contribution in [0, 0.1) is 0 Å². The van der Waals surface area contributed by atoms with Gasteiger partial charge in [0, 0.05) is 26.2 Å². The van der Waals surface area contributed by atoms with E-state index in [9.17, 15) is 9.90 Å². The van der Waals surface area contributed by atoms with E-state index in [2.05, 4.69) is 5.10 Å². The van der Waals surface area contributed by atoms with Crippen LogP contribution in [0.2, 0.25) is 0 Å². The Morgan fingerprint density at radius 1 is 1.35 bits per heavy atom. The van der Waals surface area contributed by atoms with E-state index < -0.39 is 0 Å². The van der Waals surface area contributed by atoms with E-state index in [0.717, 1.165) is 11.3 Å². The van der Waals surface area contributed by atoms with E-state index in [1.54, 1.807) is 36.5 Å². The van der Waals surface area contributed by atoms with Gasteiger partial charge in [0.15, 0.2) is 0 Å². The summed E-state index contributed by atoms with van der Waals surface area (Å²) >= 11 is 0. The third-order valence-corrected chi connectivity index (χ3v) is 3.03. The minimum absolute atomic E-state index is 0.167. The number of aromatic nitrogens is 2. The Morgan fingerprint density at radius 2 is 2.05 bits per heavy atom. The molecular weight excluding hydrogens is 256 g/mol. The second-order valence-electron chi connectivity index (χ2n) is 4.59. The molecule has 1 heterocycles. The smallest absolute Gasteiger partial charge is 0.269 e. The molecule has 0 radical (unpaired) electrons. The normalized spacial score (nSPS) is 10.5. The Balaban J connectivity index is 2.17. The zero-order valence-corrected chi connectivity index (χ0v) is 11.4. The molecule has 1 aromatic carbocycles. The molecule has 2 aromatic rings. The van der Waals surface area contributed by atoms with Crippen LogP contribution in [-0.2, 0) is 6.54 Å². The number of likely N-dealkylation sites (N-methyl/N-ethyl adjacent to an activating group) is 1. The summed E-state index contributed by atoms with van der Waals surface area (Å²) in [7, 11) is 1.87. The molecule has 6 nitrogen and oxygen atoms in total. The molecule has 0 unspecified atom stereocenters. The number of nitrogens with zero attached hydrogens (tertiary/aromatic N) is 3. The van der Waals surface area contributed by atoms with Crippen LogP contribution in [0.5, 0.6) is 5.75 Å². The van der Waals surface area contributed by atoms with Gasteiger partial charge in [-0.2, -0.15) is 5.10 Å². The molecule has 0 amide bonds. The highest BCUT2D eigenvalue weighted by Crippen LogP contribution is 2.10. The highest BCUT2D eigenvalue weighted by molar-refractivity contribution is 5.41. The van der Waals surface area contributed by atoms with Gasteiger partial charge in [0.2, 0.25) is 0 Å². The first-order chi connectivity index (χ1) is 9.60. The third kappa shape index (κ3) is 3.36. The largest absolute Gasteiger partial charge is 0.508 e. The van der Waals surface area contributed by atoms with Crippen LogP contribution in [0.15, 0.2) is 41.3 Å². The number of hydrogen-bond acceptors (Lipinski definition) is 5. The molecule has 0 atom stereocenters. The van der Waals surface area contributed by atoms with Crippen LogP contribution in [0.1, 0.15) is 5.56 Å². The molecule has 20 heavy (non-hydrogen) atoms. The lowest BCUT2D eigenvalue weighted by atomic mass is 10.2. The number of nitrogens with two attached hydrogens (primary N) is 1. The molecule has 0 aliphatic carbocycles. The highest BCUT2D eigenvalue weighted by Gasteiger charge is 2.05. The number of phenolic OH excluding ortho intramolecular Hbond substituents is 1. The van der Waals surface area contributed by atoms with Crippen molar-refractivity contribution in [3.05, 3.63) is 52.4 Å². The van der Waals surface area contributed by atoms with E-state index in [0.29, 0.717) is 19.6 Å². The van der Waals surface area contributed by atoms with Crippen LogP contribution in [0.3, 0.4) is 0 Å². The molecule has 0 saturated heterocycles. The Hall–Kier alpha value is -2.34. The van der Waals surface area contributed by atoms with Crippen molar-refractivity contribution in [2.45, 2.75) is 6.54 Å². The molecule has 0 saturated carbocycles. The second kappa shape index (κ2) is 6.21. The van der Waals surface area contributed by atoms with Crippen LogP contribution in [0.4, 0.5) is 5.69 Å². The van der Waals surface area contributed by atoms with Crippen molar-refractivity contribution >= 4 is 5.69 Å². The maximum Gasteiger partial charge on any atom is 0.269 e. The average Bonchev–Trinajstić information content (AvgIpc) is 2.43. The summed E-state index contributed by atoms with van der Waals surface area (Å²) in [6, 6.07) is 8.24. The number of rotatable bonds is 5. The van der Waals surface area contributed by atoms with Crippen molar-refractivity contribution in [1.82, 2.24) is 9.78 Å². The number of benzene rings is 1. The Labute approximate surface area is 117 Å². The molecule has 106 valence electrons. The predicted molar refractivity (Wildman–Crippen MR) is 78.0 cm³/mol. The van der Waals surface area contributed by atoms with Crippen molar-refractivity contribution in [3.8, 4) is 5.75 Å². The van der Waals surface area contributed by atoms with Crippen molar-refractivity contribution in [1.29, 1.82) is 0 Å². The van der Waals surface area contributed by atoms with Gasteiger partial charge in [0.1, 0.15) is 5.75 Å². The van der Waals surface area contributed by atoms with Crippen LogP contribution < -0.4 is 16.2 Å². The standard InChI is InChI=1S/C14H18N4O2/c1-17(7-6-15)12-8-14(20)18(16-9-12)10-11-2-4-13(19)5-3-11/h2-5,8-9,19H,6-7,10,15H2,1H3. The number of anilines is 1. The van der Waals surface area contributed by atoms with Crippen LogP contribution in [0.25, 0.3) is 0 Å². The number of phenols is 1. The topological polar surface area (TPSA) is 84.4 Å². The van der Waals surface area contributed by atoms with Gasteiger partial charge >= 0.3 is 0 Å². The van der Waals surface area contributed by atoms with Gasteiger partial charge in [-0.15, -0.1) is 0 Å². The first kappa shape index (κ1) is 14.1. The van der Waals surface area contributed by atoms with Crippen molar-refractivity contribution in [3.63, 3.8) is 0 Å². The Kier molecular flexibility index (Phi) is 4.37. The van der Waals surface area contributed by atoms with E-state index >= 15 is 0 Å². The fourth-order valence-corrected chi connectivity index (χ4v) is 1.85. The van der Waals surface area contributed by atoms with Gasteiger partial charge in [-0.3, -0.25) is 4.79 Å². The molecular formula is C14H18N4O2. The second-order valence-corrected chi connectivity index (χ2v) is 4.59. The zero-order valence-electron chi connectivity index (χ0n) is 11.4. The van der Waals surface area contributed by atoms with Crippen LogP contribution >= 0.6 is 0 Å². The lowest BCUT2D eigenvalue weighted by Crippen LogP contribution is -2.29. The fraction of sp³-hybridized carbons (Fsp3) is 0.286. The van der Waals surface area contributed by atoms with E-state index in [4.69, 9.17) is 5.73 Å².